The van der Waals surface area contributed by atoms with Crippen molar-refractivity contribution in [1.82, 2.24) is 4.90 Å². The van der Waals surface area contributed by atoms with Crippen LogP contribution in [0.3, 0.4) is 0 Å². The van der Waals surface area contributed by atoms with E-state index in [0.29, 0.717) is 11.5 Å². The average molecular weight is 292 g/mol. The van der Waals surface area contributed by atoms with Crippen molar-refractivity contribution in [2.24, 2.45) is 23.2 Å². The molecule has 120 valence electrons. The smallest absolute Gasteiger partial charge is 0.0672 e. The first-order valence-corrected chi connectivity index (χ1v) is 8.59. The SMILES string of the molecule is CN(CC1CCOCC1)C1CC(C(C)(C)C)CCC1C#N. The Morgan fingerprint density at radius 3 is 2.38 bits per heavy atom. The Balaban J connectivity index is 1.97. The Morgan fingerprint density at radius 2 is 1.81 bits per heavy atom. The van der Waals surface area contributed by atoms with Gasteiger partial charge >= 0.3 is 0 Å². The van der Waals surface area contributed by atoms with Crippen molar-refractivity contribution < 1.29 is 4.74 Å². The van der Waals surface area contributed by atoms with Gasteiger partial charge in [-0.15, -0.1) is 0 Å². The highest BCUT2D eigenvalue weighted by Gasteiger charge is 2.38. The second-order valence-electron chi connectivity index (χ2n) is 8.17. The summed E-state index contributed by atoms with van der Waals surface area (Å²) >= 11 is 0. The van der Waals surface area contributed by atoms with Gasteiger partial charge in [0.15, 0.2) is 0 Å². The van der Waals surface area contributed by atoms with Gasteiger partial charge in [-0.2, -0.15) is 5.26 Å². The first-order valence-electron chi connectivity index (χ1n) is 8.59. The van der Waals surface area contributed by atoms with E-state index >= 15 is 0 Å². The Kier molecular flexibility index (Phi) is 5.68. The second kappa shape index (κ2) is 7.11. The van der Waals surface area contributed by atoms with Crippen molar-refractivity contribution in [2.45, 2.75) is 58.9 Å². The lowest BCUT2D eigenvalue weighted by atomic mass is 9.68. The summed E-state index contributed by atoms with van der Waals surface area (Å²) in [5, 5.41) is 9.51. The van der Waals surface area contributed by atoms with Crippen molar-refractivity contribution in [1.29, 1.82) is 5.26 Å². The maximum atomic E-state index is 9.51. The molecule has 0 radical (unpaired) electrons. The summed E-state index contributed by atoms with van der Waals surface area (Å²) in [5.74, 6) is 1.70. The molecule has 3 heteroatoms. The number of nitrogens with zero attached hydrogens (tertiary/aromatic N) is 2. The molecule has 0 aromatic heterocycles. The van der Waals surface area contributed by atoms with Gasteiger partial charge in [0, 0.05) is 25.8 Å². The Morgan fingerprint density at radius 1 is 1.14 bits per heavy atom. The predicted molar refractivity (Wildman–Crippen MR) is 85.9 cm³/mol. The third-order valence-electron chi connectivity index (χ3n) is 5.66. The third-order valence-corrected chi connectivity index (χ3v) is 5.66. The topological polar surface area (TPSA) is 36.3 Å². The summed E-state index contributed by atoms with van der Waals surface area (Å²) in [6.07, 6.45) is 5.82. The molecule has 1 saturated carbocycles. The molecule has 0 amide bonds. The standard InChI is InChI=1S/C18H32N2O/c1-18(2,3)16-6-5-15(12-19)17(11-16)20(4)13-14-7-9-21-10-8-14/h14-17H,5-11,13H2,1-4H3. The lowest BCUT2D eigenvalue weighted by molar-refractivity contribution is 0.0300. The molecule has 0 bridgehead atoms. The number of hydrogen-bond donors (Lipinski definition) is 0. The molecule has 3 atom stereocenters. The van der Waals surface area contributed by atoms with Crippen LogP contribution in [0.4, 0.5) is 0 Å². The van der Waals surface area contributed by atoms with Gasteiger partial charge in [0.25, 0.3) is 0 Å². The molecule has 1 saturated heterocycles. The van der Waals surface area contributed by atoms with Crippen LogP contribution < -0.4 is 0 Å². The summed E-state index contributed by atoms with van der Waals surface area (Å²) < 4.78 is 5.46. The van der Waals surface area contributed by atoms with Gasteiger partial charge in [-0.05, 0) is 56.4 Å². The molecule has 3 nitrogen and oxygen atoms in total. The van der Waals surface area contributed by atoms with E-state index in [4.69, 9.17) is 4.74 Å². The minimum absolute atomic E-state index is 0.216. The fourth-order valence-electron chi connectivity index (χ4n) is 4.04. The van der Waals surface area contributed by atoms with Gasteiger partial charge < -0.3 is 9.64 Å². The maximum Gasteiger partial charge on any atom is 0.0672 e. The van der Waals surface area contributed by atoms with Crippen LogP contribution in [0.25, 0.3) is 0 Å². The van der Waals surface area contributed by atoms with Crippen LogP contribution in [0.2, 0.25) is 0 Å². The summed E-state index contributed by atoms with van der Waals surface area (Å²) in [5.41, 5.74) is 0.359. The van der Waals surface area contributed by atoms with Crippen LogP contribution in [-0.4, -0.2) is 37.7 Å². The number of nitriles is 1. The van der Waals surface area contributed by atoms with Crippen molar-refractivity contribution in [3.05, 3.63) is 0 Å². The zero-order chi connectivity index (χ0) is 15.5. The van der Waals surface area contributed by atoms with E-state index in [-0.39, 0.29) is 5.92 Å². The highest BCUT2D eigenvalue weighted by molar-refractivity contribution is 4.99. The predicted octanol–water partition coefficient (Wildman–Crippen LogP) is 3.70. The lowest BCUT2D eigenvalue weighted by Gasteiger charge is -2.44. The summed E-state index contributed by atoms with van der Waals surface area (Å²) in [6.45, 7) is 9.99. The molecular formula is C18H32N2O. The highest BCUT2D eigenvalue weighted by Crippen LogP contribution is 2.41. The van der Waals surface area contributed by atoms with E-state index in [2.05, 4.69) is 38.8 Å². The molecule has 0 aromatic carbocycles. The molecular weight excluding hydrogens is 260 g/mol. The second-order valence-corrected chi connectivity index (χ2v) is 8.17. The average Bonchev–Trinajstić information content (AvgIpc) is 2.46. The van der Waals surface area contributed by atoms with Crippen LogP contribution >= 0.6 is 0 Å². The Hall–Kier alpha value is -0.590. The monoisotopic (exact) mass is 292 g/mol. The van der Waals surface area contributed by atoms with Crippen LogP contribution in [-0.2, 0) is 4.74 Å². The van der Waals surface area contributed by atoms with Crippen molar-refractivity contribution in [2.75, 3.05) is 26.8 Å². The number of hydrogen-bond acceptors (Lipinski definition) is 3. The summed E-state index contributed by atoms with van der Waals surface area (Å²) in [6, 6.07) is 3.02. The maximum absolute atomic E-state index is 9.51. The first-order chi connectivity index (χ1) is 9.91. The van der Waals surface area contributed by atoms with Crippen molar-refractivity contribution >= 4 is 0 Å². The zero-order valence-electron chi connectivity index (χ0n) is 14.3. The molecule has 1 aliphatic heterocycles. The normalized spacial score (nSPS) is 32.1. The largest absolute Gasteiger partial charge is 0.381 e. The molecule has 0 spiro atoms. The Bertz CT molecular complexity index is 362. The molecule has 3 unspecified atom stereocenters. The zero-order valence-corrected chi connectivity index (χ0v) is 14.3. The van der Waals surface area contributed by atoms with Crippen molar-refractivity contribution in [3.63, 3.8) is 0 Å². The fraction of sp³-hybridized carbons (Fsp3) is 0.944. The van der Waals surface area contributed by atoms with Crippen molar-refractivity contribution in [3.8, 4) is 6.07 Å². The number of ether oxygens (including phenoxy) is 1. The van der Waals surface area contributed by atoms with Crippen LogP contribution in [0.5, 0.6) is 0 Å². The van der Waals surface area contributed by atoms with E-state index in [1.54, 1.807) is 0 Å². The first kappa shape index (κ1) is 16.8. The van der Waals surface area contributed by atoms with E-state index in [0.717, 1.165) is 38.0 Å². The van der Waals surface area contributed by atoms with E-state index in [1.807, 2.05) is 0 Å². The summed E-state index contributed by atoms with van der Waals surface area (Å²) in [7, 11) is 2.23. The minimum atomic E-state index is 0.216. The highest BCUT2D eigenvalue weighted by atomic mass is 16.5. The van der Waals surface area contributed by atoms with Gasteiger partial charge in [-0.25, -0.2) is 0 Å². The van der Waals surface area contributed by atoms with Gasteiger partial charge in [-0.3, -0.25) is 0 Å². The number of rotatable bonds is 3. The van der Waals surface area contributed by atoms with E-state index in [1.165, 1.54) is 25.7 Å². The van der Waals surface area contributed by atoms with Crippen LogP contribution in [0, 0.1) is 34.5 Å². The minimum Gasteiger partial charge on any atom is -0.381 e. The quantitative estimate of drug-likeness (QED) is 0.796. The van der Waals surface area contributed by atoms with Crippen LogP contribution in [0.15, 0.2) is 0 Å². The molecule has 2 aliphatic rings. The van der Waals surface area contributed by atoms with Crippen LogP contribution in [0.1, 0.15) is 52.9 Å². The molecule has 0 aromatic rings. The van der Waals surface area contributed by atoms with Gasteiger partial charge in [-0.1, -0.05) is 20.8 Å². The molecule has 21 heavy (non-hydrogen) atoms. The van der Waals surface area contributed by atoms with Gasteiger partial charge in [0.05, 0.1) is 12.0 Å². The molecule has 0 N–H and O–H groups in total. The van der Waals surface area contributed by atoms with E-state index < -0.39 is 0 Å². The third kappa shape index (κ3) is 4.44. The van der Waals surface area contributed by atoms with Gasteiger partial charge in [0.1, 0.15) is 0 Å². The van der Waals surface area contributed by atoms with Gasteiger partial charge in [0.2, 0.25) is 0 Å². The molecule has 1 heterocycles. The van der Waals surface area contributed by atoms with E-state index in [9.17, 15) is 5.26 Å². The summed E-state index contributed by atoms with van der Waals surface area (Å²) in [4.78, 5) is 2.49. The molecule has 2 fully saturated rings. The fourth-order valence-corrected chi connectivity index (χ4v) is 4.04. The lowest BCUT2D eigenvalue weighted by Crippen LogP contribution is -2.46. The Labute approximate surface area is 130 Å². The molecule has 1 aliphatic carbocycles. The molecule has 2 rings (SSSR count).